The van der Waals surface area contributed by atoms with Crippen molar-refractivity contribution >= 4 is 6.03 Å². The van der Waals surface area contributed by atoms with Crippen LogP contribution in [0.2, 0.25) is 0 Å². The standard InChI is InChI=1S/C20H30N2O3/c1-5-17(21-19(23)22(4)12-14-8-9-24-13-14)15-6-7-18-16(10-15)11-20(2,3)25-18/h6-7,10,14,17H,5,8-9,11-13H2,1-4H3,(H,21,23)/t14-,17+/m0/s1. The van der Waals surface area contributed by atoms with E-state index in [1.165, 1.54) is 5.56 Å². The average Bonchev–Trinajstić information content (AvgIpc) is 3.16. The van der Waals surface area contributed by atoms with Crippen molar-refractivity contribution in [2.75, 3.05) is 26.8 Å². The Bertz CT molecular complexity index is 623. The highest BCUT2D eigenvalue weighted by molar-refractivity contribution is 5.74. The molecule has 2 amide bonds. The third-order valence-electron chi connectivity index (χ3n) is 5.10. The molecule has 1 saturated heterocycles. The van der Waals surface area contributed by atoms with Gasteiger partial charge in [-0.1, -0.05) is 13.0 Å². The highest BCUT2D eigenvalue weighted by atomic mass is 16.5. The van der Waals surface area contributed by atoms with E-state index in [0.29, 0.717) is 5.92 Å². The van der Waals surface area contributed by atoms with E-state index in [1.54, 1.807) is 4.90 Å². The first kappa shape index (κ1) is 18.1. The van der Waals surface area contributed by atoms with Gasteiger partial charge < -0.3 is 19.7 Å². The van der Waals surface area contributed by atoms with Crippen LogP contribution in [0.15, 0.2) is 18.2 Å². The van der Waals surface area contributed by atoms with Crippen molar-refractivity contribution < 1.29 is 14.3 Å². The lowest BCUT2D eigenvalue weighted by Gasteiger charge is -2.25. The van der Waals surface area contributed by atoms with Crippen LogP contribution in [0.4, 0.5) is 4.79 Å². The van der Waals surface area contributed by atoms with Crippen molar-refractivity contribution in [3.63, 3.8) is 0 Å². The van der Waals surface area contributed by atoms with Crippen LogP contribution in [-0.2, 0) is 11.2 Å². The van der Waals surface area contributed by atoms with Crippen LogP contribution in [0, 0.1) is 5.92 Å². The van der Waals surface area contributed by atoms with Crippen LogP contribution >= 0.6 is 0 Å². The molecule has 0 aromatic heterocycles. The number of benzene rings is 1. The summed E-state index contributed by atoms with van der Waals surface area (Å²) in [7, 11) is 1.86. The Balaban J connectivity index is 1.63. The van der Waals surface area contributed by atoms with E-state index in [2.05, 4.69) is 38.2 Å². The second kappa shape index (κ2) is 7.24. The molecule has 1 fully saturated rings. The Morgan fingerprint density at radius 2 is 2.24 bits per heavy atom. The summed E-state index contributed by atoms with van der Waals surface area (Å²) < 4.78 is 11.3. The largest absolute Gasteiger partial charge is 0.487 e. The van der Waals surface area contributed by atoms with Gasteiger partial charge in [-0.05, 0) is 49.9 Å². The summed E-state index contributed by atoms with van der Waals surface area (Å²) in [5, 5.41) is 3.17. The predicted octanol–water partition coefficient (Wildman–Crippen LogP) is 3.53. The topological polar surface area (TPSA) is 50.8 Å². The molecule has 138 valence electrons. The fourth-order valence-corrected chi connectivity index (χ4v) is 3.72. The minimum absolute atomic E-state index is 0.0174. The molecule has 0 saturated carbocycles. The maximum atomic E-state index is 12.6. The van der Waals surface area contributed by atoms with Gasteiger partial charge in [0.15, 0.2) is 0 Å². The van der Waals surface area contributed by atoms with Crippen LogP contribution in [0.5, 0.6) is 5.75 Å². The molecule has 1 aromatic rings. The number of urea groups is 1. The normalized spacial score (nSPS) is 22.2. The lowest BCUT2D eigenvalue weighted by Crippen LogP contribution is -2.41. The zero-order valence-corrected chi connectivity index (χ0v) is 15.8. The molecule has 5 heteroatoms. The van der Waals surface area contributed by atoms with Gasteiger partial charge in [0, 0.05) is 32.5 Å². The summed E-state index contributed by atoms with van der Waals surface area (Å²) in [5.41, 5.74) is 2.23. The van der Waals surface area contributed by atoms with Gasteiger partial charge in [-0.2, -0.15) is 0 Å². The number of carbonyl (C=O) groups is 1. The molecular formula is C20H30N2O3. The van der Waals surface area contributed by atoms with E-state index in [-0.39, 0.29) is 17.7 Å². The van der Waals surface area contributed by atoms with Crippen molar-refractivity contribution in [2.24, 2.45) is 5.92 Å². The molecule has 1 N–H and O–H groups in total. The fourth-order valence-electron chi connectivity index (χ4n) is 3.72. The summed E-state index contributed by atoms with van der Waals surface area (Å²) >= 11 is 0. The maximum Gasteiger partial charge on any atom is 0.317 e. The second-order valence-electron chi connectivity index (χ2n) is 7.93. The molecule has 2 aliphatic rings. The Labute approximate surface area is 150 Å². The van der Waals surface area contributed by atoms with Gasteiger partial charge in [0.05, 0.1) is 12.6 Å². The molecule has 0 unspecified atom stereocenters. The molecule has 1 aromatic carbocycles. The van der Waals surface area contributed by atoms with Gasteiger partial charge >= 0.3 is 6.03 Å². The van der Waals surface area contributed by atoms with Gasteiger partial charge in [-0.25, -0.2) is 4.79 Å². The van der Waals surface area contributed by atoms with Gasteiger partial charge in [-0.15, -0.1) is 0 Å². The minimum atomic E-state index is -0.143. The minimum Gasteiger partial charge on any atom is -0.487 e. The summed E-state index contributed by atoms with van der Waals surface area (Å²) in [5.74, 6) is 1.42. The van der Waals surface area contributed by atoms with Gasteiger partial charge in [0.1, 0.15) is 11.4 Å². The molecule has 0 spiro atoms. The number of hydrogen-bond donors (Lipinski definition) is 1. The van der Waals surface area contributed by atoms with Crippen LogP contribution < -0.4 is 10.1 Å². The highest BCUT2D eigenvalue weighted by Gasteiger charge is 2.30. The van der Waals surface area contributed by atoms with E-state index in [1.807, 2.05) is 13.1 Å². The molecule has 3 rings (SSSR count). The summed E-state index contributed by atoms with van der Waals surface area (Å²) in [6, 6.07) is 6.29. The number of nitrogens with zero attached hydrogens (tertiary/aromatic N) is 1. The smallest absolute Gasteiger partial charge is 0.317 e. The number of ether oxygens (including phenoxy) is 2. The zero-order valence-electron chi connectivity index (χ0n) is 15.8. The molecule has 0 aliphatic carbocycles. The number of hydrogen-bond acceptors (Lipinski definition) is 3. The Morgan fingerprint density at radius 1 is 1.44 bits per heavy atom. The Hall–Kier alpha value is -1.75. The lowest BCUT2D eigenvalue weighted by atomic mass is 9.97. The average molecular weight is 346 g/mol. The van der Waals surface area contributed by atoms with Crippen molar-refractivity contribution in [3.05, 3.63) is 29.3 Å². The molecule has 0 bridgehead atoms. The first-order valence-electron chi connectivity index (χ1n) is 9.29. The monoisotopic (exact) mass is 346 g/mol. The quantitative estimate of drug-likeness (QED) is 0.887. The first-order chi connectivity index (χ1) is 11.9. The van der Waals surface area contributed by atoms with Crippen molar-refractivity contribution in [3.8, 4) is 5.75 Å². The van der Waals surface area contributed by atoms with Crippen LogP contribution in [0.1, 0.15) is 50.8 Å². The summed E-state index contributed by atoms with van der Waals surface area (Å²) in [6.45, 7) is 8.62. The van der Waals surface area contributed by atoms with Crippen LogP contribution in [-0.4, -0.2) is 43.3 Å². The van der Waals surface area contributed by atoms with Gasteiger partial charge in [0.2, 0.25) is 0 Å². The first-order valence-corrected chi connectivity index (χ1v) is 9.29. The molecule has 5 nitrogen and oxygen atoms in total. The predicted molar refractivity (Wildman–Crippen MR) is 98.0 cm³/mol. The molecule has 2 aliphatic heterocycles. The zero-order chi connectivity index (χ0) is 18.0. The molecule has 2 heterocycles. The van der Waals surface area contributed by atoms with Gasteiger partial charge in [0.25, 0.3) is 0 Å². The van der Waals surface area contributed by atoms with Crippen LogP contribution in [0.3, 0.4) is 0 Å². The summed E-state index contributed by atoms with van der Waals surface area (Å²) in [4.78, 5) is 14.3. The number of rotatable bonds is 5. The van der Waals surface area contributed by atoms with E-state index in [9.17, 15) is 4.79 Å². The molecular weight excluding hydrogens is 316 g/mol. The Kier molecular flexibility index (Phi) is 5.23. The molecule has 25 heavy (non-hydrogen) atoms. The van der Waals surface area contributed by atoms with Gasteiger partial charge in [-0.3, -0.25) is 0 Å². The van der Waals surface area contributed by atoms with Crippen molar-refractivity contribution in [1.82, 2.24) is 10.2 Å². The molecule has 0 radical (unpaired) electrons. The van der Waals surface area contributed by atoms with E-state index >= 15 is 0 Å². The van der Waals surface area contributed by atoms with Crippen molar-refractivity contribution in [1.29, 1.82) is 0 Å². The van der Waals surface area contributed by atoms with E-state index in [4.69, 9.17) is 9.47 Å². The fraction of sp³-hybridized carbons (Fsp3) is 0.650. The highest BCUT2D eigenvalue weighted by Crippen LogP contribution is 2.36. The Morgan fingerprint density at radius 3 is 2.92 bits per heavy atom. The third-order valence-corrected chi connectivity index (χ3v) is 5.10. The number of amides is 2. The molecule has 2 atom stereocenters. The SMILES string of the molecule is CC[C@@H](NC(=O)N(C)C[C@@H]1CCOC1)c1ccc2c(c1)CC(C)(C)O2. The number of carbonyl (C=O) groups excluding carboxylic acids is 1. The number of nitrogens with one attached hydrogen (secondary N) is 1. The van der Waals surface area contributed by atoms with Crippen LogP contribution in [0.25, 0.3) is 0 Å². The second-order valence-corrected chi connectivity index (χ2v) is 7.93. The third kappa shape index (κ3) is 4.27. The number of fused-ring (bicyclic) bond motifs is 1. The summed E-state index contributed by atoms with van der Waals surface area (Å²) in [6.07, 6.45) is 2.80. The lowest BCUT2D eigenvalue weighted by molar-refractivity contribution is 0.138. The van der Waals surface area contributed by atoms with E-state index in [0.717, 1.165) is 50.3 Å². The van der Waals surface area contributed by atoms with Crippen molar-refractivity contribution in [2.45, 2.75) is 51.7 Å². The maximum absolute atomic E-state index is 12.6. The van der Waals surface area contributed by atoms with E-state index < -0.39 is 0 Å².